The van der Waals surface area contributed by atoms with Crippen molar-refractivity contribution in [2.45, 2.75) is 51.1 Å². The highest BCUT2D eigenvalue weighted by Gasteiger charge is 2.58. The second-order valence-corrected chi connectivity index (χ2v) is 5.43. The van der Waals surface area contributed by atoms with Gasteiger partial charge in [0.25, 0.3) is 0 Å². The minimum atomic E-state index is -0.722. The van der Waals surface area contributed by atoms with E-state index in [4.69, 9.17) is 0 Å². The van der Waals surface area contributed by atoms with Gasteiger partial charge >= 0.3 is 0 Å². The maximum atomic E-state index is 12.3. The van der Waals surface area contributed by atoms with Crippen molar-refractivity contribution in [1.29, 1.82) is 0 Å². The van der Waals surface area contributed by atoms with Gasteiger partial charge in [-0.25, -0.2) is 0 Å². The third kappa shape index (κ3) is 1.28. The Morgan fingerprint density at radius 3 is 2.38 bits per heavy atom. The summed E-state index contributed by atoms with van der Waals surface area (Å²) in [7, 11) is 1.76. The molecule has 16 heavy (non-hydrogen) atoms. The van der Waals surface area contributed by atoms with Crippen molar-refractivity contribution in [2.75, 3.05) is 7.05 Å². The van der Waals surface area contributed by atoms with Crippen LogP contribution in [0.3, 0.4) is 0 Å². The van der Waals surface area contributed by atoms with Gasteiger partial charge in [-0.15, -0.1) is 0 Å². The van der Waals surface area contributed by atoms with Crippen molar-refractivity contribution in [3.05, 3.63) is 0 Å². The fourth-order valence-corrected chi connectivity index (χ4v) is 2.51. The molecule has 1 N–H and O–H groups in total. The van der Waals surface area contributed by atoms with Gasteiger partial charge in [-0.1, -0.05) is 6.92 Å². The molecule has 0 aromatic carbocycles. The van der Waals surface area contributed by atoms with Crippen molar-refractivity contribution >= 4 is 11.8 Å². The number of amides is 2. The number of nitrogens with one attached hydrogen (secondary N) is 1. The van der Waals surface area contributed by atoms with Crippen molar-refractivity contribution in [1.82, 2.24) is 10.2 Å². The molecule has 0 bridgehead atoms. The summed E-state index contributed by atoms with van der Waals surface area (Å²) < 4.78 is 0. The number of likely N-dealkylation sites (N-methyl/N-ethyl adjacent to an activating group) is 1. The van der Waals surface area contributed by atoms with E-state index in [1.165, 1.54) is 0 Å². The van der Waals surface area contributed by atoms with Gasteiger partial charge in [-0.05, 0) is 39.0 Å². The number of hydrogen-bond donors (Lipinski definition) is 1. The molecule has 1 aliphatic heterocycles. The molecule has 0 aromatic rings. The smallest absolute Gasteiger partial charge is 0.248 e. The van der Waals surface area contributed by atoms with Crippen molar-refractivity contribution in [3.8, 4) is 0 Å². The second kappa shape index (κ2) is 3.22. The molecule has 4 nitrogen and oxygen atoms in total. The summed E-state index contributed by atoms with van der Waals surface area (Å²) in [5, 5.41) is 2.90. The number of piperazine rings is 1. The Hall–Kier alpha value is -1.06. The molecule has 2 atom stereocenters. The molecule has 90 valence electrons. The molecule has 2 fully saturated rings. The Balaban J connectivity index is 2.34. The molecule has 2 amide bonds. The first kappa shape index (κ1) is 11.4. The summed E-state index contributed by atoms with van der Waals surface area (Å²) in [5.74, 6) is 0.369. The highest BCUT2D eigenvalue weighted by Crippen LogP contribution is 2.45. The zero-order valence-corrected chi connectivity index (χ0v) is 10.5. The molecular formula is C12H20N2O2. The summed E-state index contributed by atoms with van der Waals surface area (Å²) in [5.41, 5.74) is -1.36. The normalized spacial score (nSPS) is 39.9. The van der Waals surface area contributed by atoms with E-state index < -0.39 is 11.1 Å². The standard InChI is InChI=1S/C12H20N2O2/c1-5-11(2)10(16)14(4)12(3,8-6-7-8)9(15)13-11/h8H,5-7H2,1-4H3,(H,13,15). The van der Waals surface area contributed by atoms with E-state index >= 15 is 0 Å². The lowest BCUT2D eigenvalue weighted by molar-refractivity contribution is -0.160. The topological polar surface area (TPSA) is 49.4 Å². The van der Waals surface area contributed by atoms with Crippen LogP contribution in [0.1, 0.15) is 40.0 Å². The molecule has 0 radical (unpaired) electrons. The summed E-state index contributed by atoms with van der Waals surface area (Å²) in [6.45, 7) is 5.61. The minimum absolute atomic E-state index is 0.00134. The predicted octanol–water partition coefficient (Wildman–Crippen LogP) is 0.912. The van der Waals surface area contributed by atoms with Crippen LogP contribution in [0.25, 0.3) is 0 Å². The quantitative estimate of drug-likeness (QED) is 0.758. The molecule has 0 aromatic heterocycles. The second-order valence-electron chi connectivity index (χ2n) is 5.43. The SMILES string of the molecule is CCC1(C)NC(=O)C(C)(C2CC2)N(C)C1=O. The lowest BCUT2D eigenvalue weighted by Gasteiger charge is -2.48. The molecule has 0 spiro atoms. The molecule has 1 saturated carbocycles. The fourth-order valence-electron chi connectivity index (χ4n) is 2.51. The first-order valence-electron chi connectivity index (χ1n) is 5.97. The number of nitrogens with zero attached hydrogens (tertiary/aromatic N) is 1. The summed E-state index contributed by atoms with van der Waals surface area (Å²) in [4.78, 5) is 26.2. The number of carbonyl (C=O) groups excluding carboxylic acids is 2. The van der Waals surface area contributed by atoms with Crippen LogP contribution in [0.15, 0.2) is 0 Å². The summed E-state index contributed by atoms with van der Waals surface area (Å²) >= 11 is 0. The van der Waals surface area contributed by atoms with Gasteiger partial charge in [0.1, 0.15) is 11.1 Å². The zero-order valence-electron chi connectivity index (χ0n) is 10.5. The van der Waals surface area contributed by atoms with Crippen LogP contribution >= 0.6 is 0 Å². The van der Waals surface area contributed by atoms with E-state index in [-0.39, 0.29) is 11.8 Å². The van der Waals surface area contributed by atoms with E-state index in [1.54, 1.807) is 18.9 Å². The van der Waals surface area contributed by atoms with E-state index in [9.17, 15) is 9.59 Å². The first-order chi connectivity index (χ1) is 7.36. The third-order valence-corrected chi connectivity index (χ3v) is 4.40. The minimum Gasteiger partial charge on any atom is -0.340 e. The molecule has 4 heteroatoms. The average Bonchev–Trinajstić information content (AvgIpc) is 3.07. The lowest BCUT2D eigenvalue weighted by atomic mass is 9.83. The molecule has 2 unspecified atom stereocenters. The molecular weight excluding hydrogens is 204 g/mol. The fraction of sp³-hybridized carbons (Fsp3) is 0.833. The first-order valence-corrected chi connectivity index (χ1v) is 5.97. The van der Waals surface area contributed by atoms with E-state index in [0.717, 1.165) is 12.8 Å². The molecule has 2 rings (SSSR count). The molecule has 1 saturated heterocycles. The monoisotopic (exact) mass is 224 g/mol. The maximum absolute atomic E-state index is 12.3. The molecule has 1 heterocycles. The zero-order chi connectivity index (χ0) is 12.1. The Morgan fingerprint density at radius 2 is 1.94 bits per heavy atom. The lowest BCUT2D eigenvalue weighted by Crippen LogP contribution is -2.73. The maximum Gasteiger partial charge on any atom is 0.248 e. The Kier molecular flexibility index (Phi) is 2.30. The van der Waals surface area contributed by atoms with Gasteiger partial charge in [0, 0.05) is 7.05 Å². The highest BCUT2D eigenvalue weighted by atomic mass is 16.2. The van der Waals surface area contributed by atoms with Gasteiger partial charge in [-0.3, -0.25) is 9.59 Å². The van der Waals surface area contributed by atoms with E-state index in [2.05, 4.69) is 5.32 Å². The number of carbonyl (C=O) groups is 2. The largest absolute Gasteiger partial charge is 0.340 e. The van der Waals surface area contributed by atoms with Crippen LogP contribution in [-0.2, 0) is 9.59 Å². The highest BCUT2D eigenvalue weighted by molar-refractivity contribution is 6.02. The third-order valence-electron chi connectivity index (χ3n) is 4.40. The van der Waals surface area contributed by atoms with Gasteiger partial charge in [0.15, 0.2) is 0 Å². The van der Waals surface area contributed by atoms with Crippen LogP contribution < -0.4 is 5.32 Å². The predicted molar refractivity (Wildman–Crippen MR) is 60.7 cm³/mol. The Bertz CT molecular complexity index is 351. The van der Waals surface area contributed by atoms with Crippen molar-refractivity contribution in [3.63, 3.8) is 0 Å². The van der Waals surface area contributed by atoms with Gasteiger partial charge in [0.05, 0.1) is 0 Å². The van der Waals surface area contributed by atoms with E-state index in [0.29, 0.717) is 12.3 Å². The van der Waals surface area contributed by atoms with Crippen LogP contribution in [0.2, 0.25) is 0 Å². The van der Waals surface area contributed by atoms with Gasteiger partial charge < -0.3 is 10.2 Å². The Morgan fingerprint density at radius 1 is 1.38 bits per heavy atom. The van der Waals surface area contributed by atoms with Crippen LogP contribution in [0.4, 0.5) is 0 Å². The van der Waals surface area contributed by atoms with Gasteiger partial charge in [-0.2, -0.15) is 0 Å². The van der Waals surface area contributed by atoms with E-state index in [1.807, 2.05) is 13.8 Å². The summed E-state index contributed by atoms with van der Waals surface area (Å²) in [6.07, 6.45) is 2.72. The average molecular weight is 224 g/mol. The van der Waals surface area contributed by atoms with Crippen molar-refractivity contribution < 1.29 is 9.59 Å². The number of hydrogen-bond acceptors (Lipinski definition) is 2. The van der Waals surface area contributed by atoms with Crippen molar-refractivity contribution in [2.24, 2.45) is 5.92 Å². The number of rotatable bonds is 2. The summed E-state index contributed by atoms with van der Waals surface area (Å²) in [6, 6.07) is 0. The van der Waals surface area contributed by atoms with Gasteiger partial charge in [0.2, 0.25) is 11.8 Å². The van der Waals surface area contributed by atoms with Crippen LogP contribution in [0.5, 0.6) is 0 Å². The molecule has 1 aliphatic carbocycles. The Labute approximate surface area is 96.4 Å². The van der Waals surface area contributed by atoms with Crippen LogP contribution in [-0.4, -0.2) is 34.8 Å². The van der Waals surface area contributed by atoms with Crippen LogP contribution in [0, 0.1) is 5.92 Å². The molecule has 2 aliphatic rings.